The highest BCUT2D eigenvalue weighted by Crippen LogP contribution is 2.46. The summed E-state index contributed by atoms with van der Waals surface area (Å²) in [7, 11) is 0. The lowest BCUT2D eigenvalue weighted by molar-refractivity contribution is 0.0302. The van der Waals surface area contributed by atoms with E-state index in [2.05, 4.69) is 43.9 Å². The molecule has 1 nitrogen and oxygen atoms in total. The lowest BCUT2D eigenvalue weighted by Crippen LogP contribution is -2.29. The van der Waals surface area contributed by atoms with Crippen molar-refractivity contribution >= 4 is 0 Å². The van der Waals surface area contributed by atoms with Gasteiger partial charge in [-0.25, -0.2) is 0 Å². The highest BCUT2D eigenvalue weighted by atomic mass is 16.5. The maximum atomic E-state index is 5.85. The molecule has 0 atom stereocenters. The number of rotatable bonds is 11. The first-order valence-electron chi connectivity index (χ1n) is 18.8. The van der Waals surface area contributed by atoms with Crippen molar-refractivity contribution in [3.63, 3.8) is 0 Å². The molecule has 0 aromatic carbocycles. The van der Waals surface area contributed by atoms with Crippen molar-refractivity contribution in [2.75, 3.05) is 6.61 Å². The molecular weight excluding hydrogens is 496 g/mol. The average Bonchev–Trinajstić information content (AvgIpc) is 3.04. The molecule has 0 N–H and O–H groups in total. The van der Waals surface area contributed by atoms with Crippen LogP contribution >= 0.6 is 0 Å². The number of hydrogen-bond acceptors (Lipinski definition) is 1. The van der Waals surface area contributed by atoms with Gasteiger partial charge < -0.3 is 4.74 Å². The van der Waals surface area contributed by atoms with Crippen molar-refractivity contribution < 1.29 is 4.74 Å². The van der Waals surface area contributed by atoms with Gasteiger partial charge in [0.1, 0.15) is 0 Å². The Bertz CT molecular complexity index is 770. The number of ether oxygens (including phenoxy) is 1. The SMILES string of the molecule is C=CCCC1CCC(/C=C/C2CCC(C3CCC(C4CCC(/C=C/C5CCC(OCC)CC5)CC4)CC3)CC2)CC1. The van der Waals surface area contributed by atoms with Crippen LogP contribution in [0.2, 0.25) is 0 Å². The number of hydrogen-bond donors (Lipinski definition) is 0. The molecule has 0 aromatic heterocycles. The van der Waals surface area contributed by atoms with Gasteiger partial charge in [-0.15, -0.1) is 6.58 Å². The second kappa shape index (κ2) is 16.9. The predicted octanol–water partition coefficient (Wildman–Crippen LogP) is 11.9. The highest BCUT2D eigenvalue weighted by Gasteiger charge is 2.34. The maximum absolute atomic E-state index is 5.85. The van der Waals surface area contributed by atoms with Crippen LogP contribution in [0.15, 0.2) is 37.0 Å². The minimum atomic E-state index is 0.541. The van der Waals surface area contributed by atoms with Gasteiger partial charge in [-0.3, -0.25) is 0 Å². The van der Waals surface area contributed by atoms with Gasteiger partial charge in [-0.1, -0.05) is 30.4 Å². The number of allylic oxidation sites excluding steroid dienone is 5. The zero-order valence-electron chi connectivity index (χ0n) is 27.0. The molecule has 0 aliphatic heterocycles. The molecule has 0 saturated heterocycles. The zero-order valence-corrected chi connectivity index (χ0v) is 27.0. The van der Waals surface area contributed by atoms with Crippen molar-refractivity contribution in [3.8, 4) is 0 Å². The van der Waals surface area contributed by atoms with Gasteiger partial charge in [0, 0.05) is 6.61 Å². The third-order valence-corrected chi connectivity index (χ3v) is 12.9. The Kier molecular flexibility index (Phi) is 13.0. The Morgan fingerprint density at radius 1 is 0.488 bits per heavy atom. The molecular formula is C40H66O. The first kappa shape index (κ1) is 31.6. The van der Waals surface area contributed by atoms with Crippen LogP contribution in [-0.2, 0) is 4.74 Å². The highest BCUT2D eigenvalue weighted by molar-refractivity contribution is 4.99. The first-order chi connectivity index (χ1) is 20.2. The van der Waals surface area contributed by atoms with E-state index in [0.29, 0.717) is 6.10 Å². The summed E-state index contributed by atoms with van der Waals surface area (Å²) in [6.07, 6.45) is 44.9. The molecule has 0 aromatic rings. The Hall–Kier alpha value is -0.820. The maximum Gasteiger partial charge on any atom is 0.0575 e. The molecule has 5 aliphatic carbocycles. The molecule has 0 bridgehead atoms. The molecule has 0 spiro atoms. The van der Waals surface area contributed by atoms with E-state index in [1.165, 1.54) is 116 Å². The van der Waals surface area contributed by atoms with Gasteiger partial charge >= 0.3 is 0 Å². The molecule has 5 aliphatic rings. The van der Waals surface area contributed by atoms with E-state index in [4.69, 9.17) is 4.74 Å². The second-order valence-corrected chi connectivity index (χ2v) is 15.4. The Labute approximate surface area is 255 Å². The van der Waals surface area contributed by atoms with E-state index >= 15 is 0 Å². The largest absolute Gasteiger partial charge is 0.379 e. The summed E-state index contributed by atoms with van der Waals surface area (Å²) in [5.74, 6) is 8.62. The molecule has 0 unspecified atom stereocenters. The first-order valence-corrected chi connectivity index (χ1v) is 18.8. The van der Waals surface area contributed by atoms with Gasteiger partial charge in [-0.05, 0) is 201 Å². The summed E-state index contributed by atoms with van der Waals surface area (Å²) in [6, 6.07) is 0. The predicted molar refractivity (Wildman–Crippen MR) is 177 cm³/mol. The summed E-state index contributed by atoms with van der Waals surface area (Å²) in [4.78, 5) is 0. The summed E-state index contributed by atoms with van der Waals surface area (Å²) >= 11 is 0. The normalized spacial score (nSPS) is 41.1. The Morgan fingerprint density at radius 2 is 0.829 bits per heavy atom. The topological polar surface area (TPSA) is 9.23 Å². The summed E-state index contributed by atoms with van der Waals surface area (Å²) < 4.78 is 5.85. The lowest BCUT2D eigenvalue weighted by Gasteiger charge is -2.41. The third kappa shape index (κ3) is 9.84. The van der Waals surface area contributed by atoms with Gasteiger partial charge in [0.15, 0.2) is 0 Å². The van der Waals surface area contributed by atoms with Crippen molar-refractivity contribution in [2.24, 2.45) is 53.3 Å². The van der Waals surface area contributed by atoms with Crippen molar-refractivity contribution in [1.82, 2.24) is 0 Å². The van der Waals surface area contributed by atoms with Gasteiger partial charge in [-0.2, -0.15) is 0 Å². The van der Waals surface area contributed by atoms with E-state index in [0.717, 1.165) is 59.9 Å². The smallest absolute Gasteiger partial charge is 0.0575 e. The van der Waals surface area contributed by atoms with Crippen LogP contribution in [0.1, 0.15) is 148 Å². The van der Waals surface area contributed by atoms with E-state index in [1.807, 2.05) is 0 Å². The third-order valence-electron chi connectivity index (χ3n) is 12.9. The summed E-state index contributed by atoms with van der Waals surface area (Å²) in [5, 5.41) is 0. The van der Waals surface area contributed by atoms with Crippen molar-refractivity contribution in [1.29, 1.82) is 0 Å². The molecule has 41 heavy (non-hydrogen) atoms. The van der Waals surface area contributed by atoms with E-state index in [1.54, 1.807) is 25.7 Å². The van der Waals surface area contributed by atoms with Gasteiger partial charge in [0.05, 0.1) is 6.10 Å². The molecule has 5 fully saturated rings. The molecule has 5 saturated carbocycles. The fourth-order valence-corrected chi connectivity index (χ4v) is 10.0. The monoisotopic (exact) mass is 563 g/mol. The lowest BCUT2D eigenvalue weighted by atomic mass is 9.65. The molecule has 0 amide bonds. The van der Waals surface area contributed by atoms with Crippen molar-refractivity contribution in [3.05, 3.63) is 37.0 Å². The zero-order chi connectivity index (χ0) is 28.3. The molecule has 1 heteroatoms. The molecule has 232 valence electrons. The minimum Gasteiger partial charge on any atom is -0.379 e. The van der Waals surface area contributed by atoms with Crippen molar-refractivity contribution in [2.45, 2.75) is 154 Å². The van der Waals surface area contributed by atoms with Crippen LogP contribution in [0.5, 0.6) is 0 Å². The molecule has 0 heterocycles. The van der Waals surface area contributed by atoms with Crippen LogP contribution in [0, 0.1) is 53.3 Å². The van der Waals surface area contributed by atoms with Gasteiger partial charge in [0.2, 0.25) is 0 Å². The Balaban J connectivity index is 0.932. The van der Waals surface area contributed by atoms with Crippen LogP contribution in [-0.4, -0.2) is 12.7 Å². The summed E-state index contributed by atoms with van der Waals surface area (Å²) in [6.45, 7) is 6.92. The van der Waals surface area contributed by atoms with E-state index in [9.17, 15) is 0 Å². The van der Waals surface area contributed by atoms with Gasteiger partial charge in [0.25, 0.3) is 0 Å². The summed E-state index contributed by atoms with van der Waals surface area (Å²) in [5.41, 5.74) is 0. The standard InChI is InChI=1S/C40H66O/c1-3-5-6-31-7-9-32(10-8-31)11-12-33-15-21-36(22-16-33)38-25-27-39(28-26-38)37-23-17-34(18-24-37)13-14-35-19-29-40(30-20-35)41-4-2/h3,11-14,31-40H,1,4-10,15-30H2,2H3/b12-11+,14-13+. The fraction of sp³-hybridized carbons (Fsp3) is 0.850. The Morgan fingerprint density at radius 3 is 1.20 bits per heavy atom. The van der Waals surface area contributed by atoms with Crippen LogP contribution < -0.4 is 0 Å². The second-order valence-electron chi connectivity index (χ2n) is 15.4. The van der Waals surface area contributed by atoms with Crippen LogP contribution in [0.25, 0.3) is 0 Å². The quantitative estimate of drug-likeness (QED) is 0.228. The average molecular weight is 563 g/mol. The molecule has 5 rings (SSSR count). The van der Waals surface area contributed by atoms with Crippen LogP contribution in [0.4, 0.5) is 0 Å². The minimum absolute atomic E-state index is 0.541. The van der Waals surface area contributed by atoms with Crippen LogP contribution in [0.3, 0.4) is 0 Å². The molecule has 0 radical (unpaired) electrons. The van der Waals surface area contributed by atoms with E-state index < -0.39 is 0 Å². The van der Waals surface area contributed by atoms with E-state index in [-0.39, 0.29) is 0 Å². The fourth-order valence-electron chi connectivity index (χ4n) is 10.0.